The molecule has 1 atom stereocenters. The van der Waals surface area contributed by atoms with Gasteiger partial charge in [0, 0.05) is 33.4 Å². The Morgan fingerprint density at radius 1 is 1.33 bits per heavy atom. The minimum atomic E-state index is -0.437. The Morgan fingerprint density at radius 2 is 2.10 bits per heavy atom. The number of ether oxygens (including phenoxy) is 3. The van der Waals surface area contributed by atoms with Crippen LogP contribution in [0, 0.1) is 10.1 Å². The van der Waals surface area contributed by atoms with Gasteiger partial charge in [-0.05, 0) is 18.6 Å². The summed E-state index contributed by atoms with van der Waals surface area (Å²) in [5.74, 6) is 0.255. The standard InChI is InChI=1S/C14H22N2O5/c1-11(10-20-3)21-14-5-4-12(8-13(14)16(17)18)9-15-6-7-19-2/h4-5,8,11,15H,6-7,9-10H2,1-3H3. The smallest absolute Gasteiger partial charge is 0.311 e. The Balaban J connectivity index is 2.74. The molecular formula is C14H22N2O5. The molecular weight excluding hydrogens is 276 g/mol. The lowest BCUT2D eigenvalue weighted by Crippen LogP contribution is -2.19. The number of hydrogen-bond acceptors (Lipinski definition) is 6. The third-order valence-corrected chi connectivity index (χ3v) is 2.76. The normalized spacial score (nSPS) is 12.1. The number of rotatable bonds is 10. The zero-order valence-corrected chi connectivity index (χ0v) is 12.6. The Labute approximate surface area is 124 Å². The molecule has 0 aliphatic carbocycles. The van der Waals surface area contributed by atoms with Crippen molar-refractivity contribution in [2.24, 2.45) is 0 Å². The second-order valence-electron chi connectivity index (χ2n) is 4.61. The fraction of sp³-hybridized carbons (Fsp3) is 0.571. The highest BCUT2D eigenvalue weighted by atomic mass is 16.6. The van der Waals surface area contributed by atoms with Crippen LogP contribution in [0.1, 0.15) is 12.5 Å². The number of methoxy groups -OCH3 is 2. The summed E-state index contributed by atoms with van der Waals surface area (Å²) in [4.78, 5) is 10.7. The van der Waals surface area contributed by atoms with Crippen molar-refractivity contribution in [3.8, 4) is 5.75 Å². The number of nitro benzene ring substituents is 1. The topological polar surface area (TPSA) is 82.9 Å². The number of benzene rings is 1. The van der Waals surface area contributed by atoms with E-state index in [0.717, 1.165) is 5.56 Å². The third kappa shape index (κ3) is 6.07. The van der Waals surface area contributed by atoms with E-state index in [1.54, 1.807) is 27.2 Å². The van der Waals surface area contributed by atoms with Gasteiger partial charge in [0.2, 0.25) is 0 Å². The molecule has 0 spiro atoms. The molecule has 0 heterocycles. The van der Waals surface area contributed by atoms with Crippen molar-refractivity contribution in [3.63, 3.8) is 0 Å². The van der Waals surface area contributed by atoms with E-state index in [1.165, 1.54) is 6.07 Å². The maximum absolute atomic E-state index is 11.1. The maximum atomic E-state index is 11.1. The highest BCUT2D eigenvalue weighted by molar-refractivity contribution is 5.48. The molecule has 7 nitrogen and oxygen atoms in total. The minimum Gasteiger partial charge on any atom is -0.481 e. The van der Waals surface area contributed by atoms with E-state index >= 15 is 0 Å². The van der Waals surface area contributed by atoms with Gasteiger partial charge in [0.1, 0.15) is 6.10 Å². The van der Waals surface area contributed by atoms with Crippen LogP contribution in [0.25, 0.3) is 0 Å². The van der Waals surface area contributed by atoms with Crippen molar-refractivity contribution in [2.75, 3.05) is 34.0 Å². The van der Waals surface area contributed by atoms with Crippen LogP contribution in [0.5, 0.6) is 5.75 Å². The van der Waals surface area contributed by atoms with E-state index in [9.17, 15) is 10.1 Å². The molecule has 0 saturated carbocycles. The van der Waals surface area contributed by atoms with Gasteiger partial charge in [-0.2, -0.15) is 0 Å². The molecule has 118 valence electrons. The van der Waals surface area contributed by atoms with Gasteiger partial charge >= 0.3 is 5.69 Å². The van der Waals surface area contributed by atoms with E-state index in [1.807, 2.05) is 6.07 Å². The van der Waals surface area contributed by atoms with Crippen LogP contribution < -0.4 is 10.1 Å². The average Bonchev–Trinajstić information content (AvgIpc) is 2.45. The van der Waals surface area contributed by atoms with Crippen LogP contribution in [-0.2, 0) is 16.0 Å². The molecule has 0 aliphatic rings. The second-order valence-corrected chi connectivity index (χ2v) is 4.61. The molecule has 0 bridgehead atoms. The van der Waals surface area contributed by atoms with Gasteiger partial charge in [0.05, 0.1) is 18.1 Å². The summed E-state index contributed by atoms with van der Waals surface area (Å²) in [5, 5.41) is 14.3. The van der Waals surface area contributed by atoms with E-state index in [-0.39, 0.29) is 17.5 Å². The molecule has 7 heteroatoms. The lowest BCUT2D eigenvalue weighted by atomic mass is 10.2. The molecule has 0 aromatic heterocycles. The SMILES string of the molecule is COCCNCc1ccc(OC(C)COC)c([N+](=O)[O-])c1. The second kappa shape index (κ2) is 9.28. The van der Waals surface area contributed by atoms with Crippen LogP contribution in [0.4, 0.5) is 5.69 Å². The molecule has 0 amide bonds. The summed E-state index contributed by atoms with van der Waals surface area (Å²) in [6.07, 6.45) is -0.251. The molecule has 1 unspecified atom stereocenters. The molecule has 0 saturated heterocycles. The molecule has 1 N–H and O–H groups in total. The van der Waals surface area contributed by atoms with Crippen LogP contribution in [-0.4, -0.2) is 45.0 Å². The van der Waals surface area contributed by atoms with Gasteiger partial charge in [-0.1, -0.05) is 6.07 Å². The predicted octanol–water partition coefficient (Wildman–Crippen LogP) is 1.74. The van der Waals surface area contributed by atoms with Crippen molar-refractivity contribution < 1.29 is 19.1 Å². The van der Waals surface area contributed by atoms with Crippen molar-refractivity contribution in [3.05, 3.63) is 33.9 Å². The van der Waals surface area contributed by atoms with Gasteiger partial charge in [-0.15, -0.1) is 0 Å². The van der Waals surface area contributed by atoms with E-state index in [0.29, 0.717) is 26.3 Å². The largest absolute Gasteiger partial charge is 0.481 e. The van der Waals surface area contributed by atoms with Gasteiger partial charge in [-0.25, -0.2) is 0 Å². The summed E-state index contributed by atoms with van der Waals surface area (Å²) in [5.41, 5.74) is 0.786. The Morgan fingerprint density at radius 3 is 2.71 bits per heavy atom. The third-order valence-electron chi connectivity index (χ3n) is 2.76. The molecule has 1 aromatic rings. The lowest BCUT2D eigenvalue weighted by molar-refractivity contribution is -0.386. The molecule has 1 rings (SSSR count). The summed E-state index contributed by atoms with van der Waals surface area (Å²) in [6.45, 7) is 3.99. The first kappa shape index (κ1) is 17.4. The average molecular weight is 298 g/mol. The van der Waals surface area contributed by atoms with Crippen molar-refractivity contribution >= 4 is 5.69 Å². The van der Waals surface area contributed by atoms with Gasteiger partial charge in [0.15, 0.2) is 5.75 Å². The fourth-order valence-corrected chi connectivity index (χ4v) is 1.81. The zero-order chi connectivity index (χ0) is 15.7. The highest BCUT2D eigenvalue weighted by Crippen LogP contribution is 2.28. The summed E-state index contributed by atoms with van der Waals surface area (Å²) in [6, 6.07) is 4.95. The number of nitrogens with one attached hydrogen (secondary N) is 1. The van der Waals surface area contributed by atoms with E-state index < -0.39 is 4.92 Å². The van der Waals surface area contributed by atoms with E-state index in [2.05, 4.69) is 5.32 Å². The van der Waals surface area contributed by atoms with Gasteiger partial charge in [-0.3, -0.25) is 10.1 Å². The van der Waals surface area contributed by atoms with Crippen molar-refractivity contribution in [1.29, 1.82) is 0 Å². The molecule has 1 aromatic carbocycles. The number of nitrogens with zero attached hydrogens (tertiary/aromatic N) is 1. The first-order valence-corrected chi connectivity index (χ1v) is 6.71. The quantitative estimate of drug-likeness (QED) is 0.402. The Hall–Kier alpha value is -1.70. The van der Waals surface area contributed by atoms with Gasteiger partial charge < -0.3 is 19.5 Å². The van der Waals surface area contributed by atoms with Crippen LogP contribution in [0.15, 0.2) is 18.2 Å². The minimum absolute atomic E-state index is 0.0380. The molecule has 21 heavy (non-hydrogen) atoms. The summed E-state index contributed by atoms with van der Waals surface area (Å²) in [7, 11) is 3.18. The van der Waals surface area contributed by atoms with Crippen LogP contribution in [0.3, 0.4) is 0 Å². The molecule has 0 radical (unpaired) electrons. The number of nitro groups is 1. The Bertz CT molecular complexity index is 453. The van der Waals surface area contributed by atoms with Gasteiger partial charge in [0.25, 0.3) is 0 Å². The zero-order valence-electron chi connectivity index (χ0n) is 12.6. The predicted molar refractivity (Wildman–Crippen MR) is 78.6 cm³/mol. The van der Waals surface area contributed by atoms with E-state index in [4.69, 9.17) is 14.2 Å². The lowest BCUT2D eigenvalue weighted by Gasteiger charge is -2.14. The molecule has 0 aliphatic heterocycles. The summed E-state index contributed by atoms with van der Waals surface area (Å²) < 4.78 is 15.4. The monoisotopic (exact) mass is 298 g/mol. The fourth-order valence-electron chi connectivity index (χ4n) is 1.81. The highest BCUT2D eigenvalue weighted by Gasteiger charge is 2.18. The molecule has 0 fully saturated rings. The van der Waals surface area contributed by atoms with Crippen LogP contribution >= 0.6 is 0 Å². The first-order chi connectivity index (χ1) is 10.1. The van der Waals surface area contributed by atoms with Crippen molar-refractivity contribution in [1.82, 2.24) is 5.32 Å². The summed E-state index contributed by atoms with van der Waals surface area (Å²) >= 11 is 0. The first-order valence-electron chi connectivity index (χ1n) is 6.71. The number of hydrogen-bond donors (Lipinski definition) is 1. The van der Waals surface area contributed by atoms with Crippen molar-refractivity contribution in [2.45, 2.75) is 19.6 Å². The maximum Gasteiger partial charge on any atom is 0.311 e. The van der Waals surface area contributed by atoms with Crippen LogP contribution in [0.2, 0.25) is 0 Å². The Kier molecular flexibility index (Phi) is 7.66.